The van der Waals surface area contributed by atoms with Gasteiger partial charge in [-0.05, 0) is 78.0 Å². The van der Waals surface area contributed by atoms with E-state index in [1.165, 1.54) is 16.7 Å². The molecule has 5 rings (SSSR count). The Hall–Kier alpha value is -3.60. The number of hydrogen-bond acceptors (Lipinski definition) is 4. The van der Waals surface area contributed by atoms with Crippen molar-refractivity contribution in [1.29, 1.82) is 0 Å². The molecule has 1 saturated heterocycles. The molecule has 0 atom stereocenters. The fourth-order valence-corrected chi connectivity index (χ4v) is 5.25. The van der Waals surface area contributed by atoms with Crippen molar-refractivity contribution in [3.63, 3.8) is 0 Å². The normalized spacial score (nSPS) is 14.8. The maximum atomic E-state index is 9.85. The van der Waals surface area contributed by atoms with E-state index in [0.29, 0.717) is 6.04 Å². The predicted octanol–water partition coefficient (Wildman–Crippen LogP) is 6.03. The summed E-state index contributed by atoms with van der Waals surface area (Å²) in [5.41, 5.74) is 6.12. The lowest BCUT2D eigenvalue weighted by molar-refractivity contribution is 0.190. The van der Waals surface area contributed by atoms with Crippen molar-refractivity contribution in [3.05, 3.63) is 131 Å². The molecule has 184 valence electrons. The summed E-state index contributed by atoms with van der Waals surface area (Å²) in [7, 11) is 0. The highest BCUT2D eigenvalue weighted by molar-refractivity contribution is 5.48. The fourth-order valence-electron chi connectivity index (χ4n) is 5.25. The van der Waals surface area contributed by atoms with E-state index in [2.05, 4.69) is 64.8 Å². The third-order valence-corrected chi connectivity index (χ3v) is 7.24. The molecular formula is C32H34N2O2. The maximum absolute atomic E-state index is 9.85. The minimum Gasteiger partial charge on any atom is -0.508 e. The lowest BCUT2D eigenvalue weighted by Crippen LogP contribution is -2.42. The van der Waals surface area contributed by atoms with Gasteiger partial charge in [0.1, 0.15) is 11.5 Å². The number of likely N-dealkylation sites (tertiary alicyclic amines) is 1. The molecule has 36 heavy (non-hydrogen) atoms. The second kappa shape index (κ2) is 11.4. The number of nitrogens with one attached hydrogen (secondary N) is 1. The zero-order chi connectivity index (χ0) is 24.7. The standard InChI is InChI=1S/C32H34N2O2/c35-29-14-10-25(11-15-29)32(26-12-16-30(36)17-13-26)31-9-5-4-8-27(31)22-33-28-18-20-34(21-19-28)23-24-6-2-1-3-7-24/h1-17,28,32-33,35-36H,18-23H2. The molecule has 0 bridgehead atoms. The second-order valence-electron chi connectivity index (χ2n) is 9.73. The van der Waals surface area contributed by atoms with Crippen molar-refractivity contribution in [3.8, 4) is 11.5 Å². The smallest absolute Gasteiger partial charge is 0.115 e. The van der Waals surface area contributed by atoms with Crippen LogP contribution in [-0.2, 0) is 13.1 Å². The zero-order valence-corrected chi connectivity index (χ0v) is 20.6. The largest absolute Gasteiger partial charge is 0.508 e. The van der Waals surface area contributed by atoms with Gasteiger partial charge in [0.2, 0.25) is 0 Å². The first-order valence-corrected chi connectivity index (χ1v) is 12.8. The molecule has 1 heterocycles. The average molecular weight is 479 g/mol. The van der Waals surface area contributed by atoms with Crippen LogP contribution in [0.4, 0.5) is 0 Å². The summed E-state index contributed by atoms with van der Waals surface area (Å²) in [5, 5.41) is 23.5. The zero-order valence-electron chi connectivity index (χ0n) is 20.6. The summed E-state index contributed by atoms with van der Waals surface area (Å²) >= 11 is 0. The summed E-state index contributed by atoms with van der Waals surface area (Å²) < 4.78 is 0. The minimum absolute atomic E-state index is 0.0110. The van der Waals surface area contributed by atoms with E-state index in [1.54, 1.807) is 24.3 Å². The number of nitrogens with zero attached hydrogens (tertiary/aromatic N) is 1. The first-order valence-electron chi connectivity index (χ1n) is 12.8. The molecule has 4 heteroatoms. The number of phenolic OH excluding ortho intramolecular Hbond substituents is 2. The Labute approximate surface area is 213 Å². The molecule has 0 amide bonds. The van der Waals surface area contributed by atoms with Gasteiger partial charge in [0.15, 0.2) is 0 Å². The molecular weight excluding hydrogens is 444 g/mol. The maximum Gasteiger partial charge on any atom is 0.115 e. The molecule has 3 N–H and O–H groups in total. The monoisotopic (exact) mass is 478 g/mol. The van der Waals surface area contributed by atoms with Crippen LogP contribution < -0.4 is 5.32 Å². The van der Waals surface area contributed by atoms with E-state index in [0.717, 1.165) is 50.1 Å². The molecule has 0 radical (unpaired) electrons. The molecule has 1 aliphatic heterocycles. The number of benzene rings is 4. The Balaban J connectivity index is 1.30. The van der Waals surface area contributed by atoms with E-state index >= 15 is 0 Å². The van der Waals surface area contributed by atoms with Crippen LogP contribution in [0.5, 0.6) is 11.5 Å². The van der Waals surface area contributed by atoms with Crippen LogP contribution in [0.2, 0.25) is 0 Å². The lowest BCUT2D eigenvalue weighted by Gasteiger charge is -2.33. The first kappa shape index (κ1) is 24.1. The Kier molecular flexibility index (Phi) is 7.65. The van der Waals surface area contributed by atoms with Gasteiger partial charge in [-0.2, -0.15) is 0 Å². The van der Waals surface area contributed by atoms with Gasteiger partial charge in [0.05, 0.1) is 0 Å². The van der Waals surface area contributed by atoms with Crippen LogP contribution in [0.1, 0.15) is 46.6 Å². The van der Waals surface area contributed by atoms with Gasteiger partial charge >= 0.3 is 0 Å². The molecule has 0 unspecified atom stereocenters. The molecule has 0 aromatic heterocycles. The van der Waals surface area contributed by atoms with Gasteiger partial charge in [-0.25, -0.2) is 0 Å². The highest BCUT2D eigenvalue weighted by Gasteiger charge is 2.22. The van der Waals surface area contributed by atoms with Gasteiger partial charge in [0, 0.05) is 25.0 Å². The Bertz CT molecular complexity index is 1190. The van der Waals surface area contributed by atoms with Crippen molar-refractivity contribution in [1.82, 2.24) is 10.2 Å². The molecule has 4 nitrogen and oxygen atoms in total. The van der Waals surface area contributed by atoms with Gasteiger partial charge in [0.25, 0.3) is 0 Å². The summed E-state index contributed by atoms with van der Waals surface area (Å²) in [5.74, 6) is 0.533. The number of phenols is 2. The van der Waals surface area contributed by atoms with Crippen molar-refractivity contribution in [2.75, 3.05) is 13.1 Å². The van der Waals surface area contributed by atoms with Gasteiger partial charge in [-0.15, -0.1) is 0 Å². The lowest BCUT2D eigenvalue weighted by atomic mass is 9.82. The van der Waals surface area contributed by atoms with Crippen LogP contribution in [0.3, 0.4) is 0 Å². The Morgan fingerprint density at radius 2 is 1.25 bits per heavy atom. The summed E-state index contributed by atoms with van der Waals surface area (Å²) in [6, 6.07) is 34.7. The van der Waals surface area contributed by atoms with Crippen LogP contribution in [0.15, 0.2) is 103 Å². The number of rotatable bonds is 8. The van der Waals surface area contributed by atoms with E-state index in [1.807, 2.05) is 24.3 Å². The van der Waals surface area contributed by atoms with Gasteiger partial charge in [-0.1, -0.05) is 78.9 Å². The number of piperidine rings is 1. The highest BCUT2D eigenvalue weighted by Crippen LogP contribution is 2.35. The molecule has 1 fully saturated rings. The van der Waals surface area contributed by atoms with Crippen molar-refractivity contribution in [2.45, 2.75) is 37.9 Å². The quantitative estimate of drug-likeness (QED) is 0.271. The van der Waals surface area contributed by atoms with E-state index in [9.17, 15) is 10.2 Å². The predicted molar refractivity (Wildman–Crippen MR) is 145 cm³/mol. The number of hydrogen-bond donors (Lipinski definition) is 3. The van der Waals surface area contributed by atoms with Crippen LogP contribution in [0.25, 0.3) is 0 Å². The molecule has 4 aromatic carbocycles. The Morgan fingerprint density at radius 1 is 0.694 bits per heavy atom. The van der Waals surface area contributed by atoms with E-state index in [-0.39, 0.29) is 17.4 Å². The minimum atomic E-state index is 0.0110. The summed E-state index contributed by atoms with van der Waals surface area (Å²) in [6.07, 6.45) is 2.29. The molecule has 0 aliphatic carbocycles. The summed E-state index contributed by atoms with van der Waals surface area (Å²) in [4.78, 5) is 2.55. The SMILES string of the molecule is Oc1ccc(C(c2ccc(O)cc2)c2ccccc2CNC2CCN(Cc3ccccc3)CC2)cc1. The molecule has 1 aliphatic rings. The average Bonchev–Trinajstić information content (AvgIpc) is 2.92. The van der Waals surface area contributed by atoms with Crippen molar-refractivity contribution in [2.24, 2.45) is 0 Å². The van der Waals surface area contributed by atoms with Gasteiger partial charge in [-0.3, -0.25) is 4.90 Å². The first-order chi connectivity index (χ1) is 17.7. The fraction of sp³-hybridized carbons (Fsp3) is 0.250. The van der Waals surface area contributed by atoms with E-state index < -0.39 is 0 Å². The second-order valence-corrected chi connectivity index (χ2v) is 9.73. The van der Waals surface area contributed by atoms with Crippen LogP contribution >= 0.6 is 0 Å². The van der Waals surface area contributed by atoms with Crippen molar-refractivity contribution < 1.29 is 10.2 Å². The van der Waals surface area contributed by atoms with Crippen LogP contribution in [0, 0.1) is 0 Å². The topological polar surface area (TPSA) is 55.7 Å². The van der Waals surface area contributed by atoms with Gasteiger partial charge < -0.3 is 15.5 Å². The van der Waals surface area contributed by atoms with E-state index in [4.69, 9.17) is 0 Å². The Morgan fingerprint density at radius 3 is 1.86 bits per heavy atom. The van der Waals surface area contributed by atoms with Crippen molar-refractivity contribution >= 4 is 0 Å². The molecule has 0 saturated carbocycles. The summed E-state index contributed by atoms with van der Waals surface area (Å²) in [6.45, 7) is 4.05. The molecule has 0 spiro atoms. The number of aromatic hydroxyl groups is 2. The highest BCUT2D eigenvalue weighted by atomic mass is 16.3. The third-order valence-electron chi connectivity index (χ3n) is 7.24. The van der Waals surface area contributed by atoms with Crippen LogP contribution in [-0.4, -0.2) is 34.2 Å². The molecule has 4 aromatic rings. The third kappa shape index (κ3) is 5.96.